The lowest BCUT2D eigenvalue weighted by molar-refractivity contribution is -0.383. The van der Waals surface area contributed by atoms with Crippen molar-refractivity contribution in [1.82, 2.24) is 9.97 Å². The minimum Gasteiger partial charge on any atom is -0.388 e. The number of nitrogens with one attached hydrogen (secondary N) is 2. The van der Waals surface area contributed by atoms with E-state index in [2.05, 4.69) is 20.6 Å². The Bertz CT molecular complexity index is 462. The number of rotatable bonds is 8. The molecule has 0 unspecified atom stereocenters. The van der Waals surface area contributed by atoms with Crippen LogP contribution in [0.4, 0.5) is 17.3 Å². The van der Waals surface area contributed by atoms with Gasteiger partial charge in [-0.25, -0.2) is 9.97 Å². The Morgan fingerprint density at radius 2 is 1.80 bits per heavy atom. The highest BCUT2D eigenvalue weighted by molar-refractivity contribution is 5.69. The summed E-state index contributed by atoms with van der Waals surface area (Å²) < 4.78 is 0. The van der Waals surface area contributed by atoms with E-state index in [1.54, 1.807) is 0 Å². The van der Waals surface area contributed by atoms with Crippen LogP contribution < -0.4 is 10.6 Å². The number of nitro groups is 1. The molecule has 0 saturated carbocycles. The van der Waals surface area contributed by atoms with Crippen LogP contribution in [0.15, 0.2) is 6.33 Å². The normalized spacial score (nSPS) is 11.2. The number of nitrogens with zero attached hydrogens (tertiary/aromatic N) is 3. The molecule has 0 aromatic carbocycles. The molecule has 20 heavy (non-hydrogen) atoms. The van der Waals surface area contributed by atoms with E-state index < -0.39 is 10.5 Å². The molecule has 0 spiro atoms. The van der Waals surface area contributed by atoms with Crippen LogP contribution in [0.2, 0.25) is 0 Å². The second kappa shape index (κ2) is 6.99. The third-order valence-corrected chi connectivity index (χ3v) is 3.25. The van der Waals surface area contributed by atoms with Crippen molar-refractivity contribution in [2.75, 3.05) is 23.7 Å². The van der Waals surface area contributed by atoms with Crippen LogP contribution in [0.25, 0.3) is 0 Å². The molecule has 0 saturated heterocycles. The summed E-state index contributed by atoms with van der Waals surface area (Å²) in [6.45, 7) is 6.27. The quantitative estimate of drug-likeness (QED) is 0.492. The first-order valence-corrected chi connectivity index (χ1v) is 6.67. The summed E-state index contributed by atoms with van der Waals surface area (Å²) in [5.41, 5.74) is -1.11. The first-order valence-electron chi connectivity index (χ1n) is 6.67. The van der Waals surface area contributed by atoms with Crippen LogP contribution in [0.5, 0.6) is 0 Å². The van der Waals surface area contributed by atoms with Gasteiger partial charge in [0.15, 0.2) is 0 Å². The summed E-state index contributed by atoms with van der Waals surface area (Å²) in [5, 5.41) is 27.0. The van der Waals surface area contributed by atoms with Crippen LogP contribution >= 0.6 is 0 Å². The maximum atomic E-state index is 11.2. The highest BCUT2D eigenvalue weighted by Gasteiger charge is 2.26. The summed E-state index contributed by atoms with van der Waals surface area (Å²) in [7, 11) is 0. The van der Waals surface area contributed by atoms with Gasteiger partial charge >= 0.3 is 5.69 Å². The average molecular weight is 283 g/mol. The van der Waals surface area contributed by atoms with Crippen molar-refractivity contribution in [3.63, 3.8) is 0 Å². The molecule has 3 N–H and O–H groups in total. The molecule has 1 aromatic rings. The molecule has 1 rings (SSSR count). The second-order valence-electron chi connectivity index (χ2n) is 4.49. The molecule has 0 fully saturated rings. The van der Waals surface area contributed by atoms with E-state index >= 15 is 0 Å². The van der Waals surface area contributed by atoms with Gasteiger partial charge in [-0.3, -0.25) is 10.1 Å². The highest BCUT2D eigenvalue weighted by Crippen LogP contribution is 2.29. The Balaban J connectivity index is 3.00. The van der Waals surface area contributed by atoms with Gasteiger partial charge in [-0.15, -0.1) is 0 Å². The van der Waals surface area contributed by atoms with Gasteiger partial charge in [-0.1, -0.05) is 13.8 Å². The lowest BCUT2D eigenvalue weighted by atomic mass is 9.98. The van der Waals surface area contributed by atoms with Gasteiger partial charge < -0.3 is 15.7 Å². The highest BCUT2D eigenvalue weighted by atomic mass is 16.6. The minimum atomic E-state index is -0.906. The van der Waals surface area contributed by atoms with Crippen molar-refractivity contribution in [3.8, 4) is 0 Å². The van der Waals surface area contributed by atoms with E-state index in [4.69, 9.17) is 0 Å². The van der Waals surface area contributed by atoms with E-state index in [0.29, 0.717) is 19.4 Å². The monoisotopic (exact) mass is 283 g/mol. The zero-order chi connectivity index (χ0) is 15.2. The number of aliphatic hydroxyl groups is 1. The molecular formula is C12H21N5O3. The SMILES string of the molecule is CCNc1ncnc(NCC(O)(CC)CC)c1[N+](=O)[O-]. The second-order valence-corrected chi connectivity index (χ2v) is 4.49. The molecule has 0 amide bonds. The first kappa shape index (κ1) is 16.1. The van der Waals surface area contributed by atoms with Crippen LogP contribution in [-0.4, -0.2) is 38.7 Å². The topological polar surface area (TPSA) is 113 Å². The summed E-state index contributed by atoms with van der Waals surface area (Å²) in [6.07, 6.45) is 2.36. The molecule has 0 aliphatic rings. The van der Waals surface area contributed by atoms with Gasteiger partial charge in [0.1, 0.15) is 6.33 Å². The van der Waals surface area contributed by atoms with Crippen molar-refractivity contribution in [2.24, 2.45) is 0 Å². The van der Waals surface area contributed by atoms with Crippen LogP contribution in [0.3, 0.4) is 0 Å². The van der Waals surface area contributed by atoms with E-state index in [9.17, 15) is 15.2 Å². The Morgan fingerprint density at radius 3 is 2.25 bits per heavy atom. The molecule has 0 aliphatic heterocycles. The molecule has 8 heteroatoms. The van der Waals surface area contributed by atoms with Crippen LogP contribution in [0, 0.1) is 10.1 Å². The molecule has 1 heterocycles. The molecule has 1 aromatic heterocycles. The Morgan fingerprint density at radius 1 is 1.25 bits per heavy atom. The zero-order valence-electron chi connectivity index (χ0n) is 12.0. The van der Waals surface area contributed by atoms with Crippen molar-refractivity contribution in [2.45, 2.75) is 39.2 Å². The van der Waals surface area contributed by atoms with Gasteiger partial charge in [0, 0.05) is 13.1 Å². The third kappa shape index (κ3) is 3.77. The zero-order valence-corrected chi connectivity index (χ0v) is 12.0. The number of anilines is 2. The standard InChI is InChI=1S/C12H21N5O3/c1-4-12(18,5-2)7-14-11-9(17(19)20)10(13-6-3)15-8-16-11/h8,18H,4-7H2,1-3H3,(H2,13,14,15,16). The number of hydrogen-bond donors (Lipinski definition) is 3. The van der Waals surface area contributed by atoms with Crippen molar-refractivity contribution in [1.29, 1.82) is 0 Å². The lowest BCUT2D eigenvalue weighted by Crippen LogP contribution is -2.35. The summed E-state index contributed by atoms with van der Waals surface area (Å²) in [4.78, 5) is 18.4. The molecule has 0 bridgehead atoms. The van der Waals surface area contributed by atoms with Crippen molar-refractivity contribution in [3.05, 3.63) is 16.4 Å². The fourth-order valence-corrected chi connectivity index (χ4v) is 1.73. The minimum absolute atomic E-state index is 0.112. The van der Waals surface area contributed by atoms with E-state index in [1.165, 1.54) is 6.33 Å². The predicted molar refractivity (Wildman–Crippen MR) is 76.9 cm³/mol. The Hall–Kier alpha value is -1.96. The predicted octanol–water partition coefficient (Wildman–Crippen LogP) is 1.78. The maximum Gasteiger partial charge on any atom is 0.353 e. The van der Waals surface area contributed by atoms with Gasteiger partial charge in [0.25, 0.3) is 0 Å². The molecule has 8 nitrogen and oxygen atoms in total. The van der Waals surface area contributed by atoms with E-state index in [-0.39, 0.29) is 23.9 Å². The summed E-state index contributed by atoms with van der Waals surface area (Å²) >= 11 is 0. The summed E-state index contributed by atoms with van der Waals surface area (Å²) in [5.74, 6) is 0.285. The molecular weight excluding hydrogens is 262 g/mol. The lowest BCUT2D eigenvalue weighted by Gasteiger charge is -2.25. The molecule has 112 valence electrons. The number of hydrogen-bond acceptors (Lipinski definition) is 7. The van der Waals surface area contributed by atoms with Gasteiger partial charge in [-0.2, -0.15) is 0 Å². The van der Waals surface area contributed by atoms with Gasteiger partial charge in [0.05, 0.1) is 10.5 Å². The molecule has 0 radical (unpaired) electrons. The molecule has 0 atom stereocenters. The van der Waals surface area contributed by atoms with Gasteiger partial charge in [0.2, 0.25) is 11.6 Å². The van der Waals surface area contributed by atoms with Gasteiger partial charge in [-0.05, 0) is 19.8 Å². The Kier molecular flexibility index (Phi) is 5.63. The van der Waals surface area contributed by atoms with E-state index in [0.717, 1.165) is 0 Å². The number of aromatic nitrogens is 2. The summed E-state index contributed by atoms with van der Waals surface area (Å²) in [6, 6.07) is 0. The van der Waals surface area contributed by atoms with Crippen molar-refractivity contribution < 1.29 is 10.0 Å². The fraction of sp³-hybridized carbons (Fsp3) is 0.667. The fourth-order valence-electron chi connectivity index (χ4n) is 1.73. The maximum absolute atomic E-state index is 11.2. The average Bonchev–Trinajstić information content (AvgIpc) is 2.45. The Labute approximate surface area is 117 Å². The first-order chi connectivity index (χ1) is 9.47. The third-order valence-electron chi connectivity index (χ3n) is 3.25. The van der Waals surface area contributed by atoms with Crippen LogP contribution in [-0.2, 0) is 0 Å². The van der Waals surface area contributed by atoms with Crippen molar-refractivity contribution >= 4 is 17.3 Å². The largest absolute Gasteiger partial charge is 0.388 e. The smallest absolute Gasteiger partial charge is 0.353 e. The molecule has 0 aliphatic carbocycles. The van der Waals surface area contributed by atoms with E-state index in [1.807, 2.05) is 20.8 Å². The van der Waals surface area contributed by atoms with Crippen LogP contribution in [0.1, 0.15) is 33.6 Å².